The van der Waals surface area contributed by atoms with Crippen molar-refractivity contribution >= 4 is 5.97 Å². The predicted molar refractivity (Wildman–Crippen MR) is 74.4 cm³/mol. The van der Waals surface area contributed by atoms with Crippen LogP contribution in [0.4, 0.5) is 0 Å². The van der Waals surface area contributed by atoms with Crippen LogP contribution in [0.5, 0.6) is 0 Å². The summed E-state index contributed by atoms with van der Waals surface area (Å²) in [5.41, 5.74) is 3.19. The molecule has 0 saturated heterocycles. The second kappa shape index (κ2) is 5.32. The molecule has 0 unspecified atom stereocenters. The molecular weight excluding hydrogens is 258 g/mol. The number of H-pyrrole nitrogens is 1. The van der Waals surface area contributed by atoms with Crippen LogP contribution in [0.1, 0.15) is 34.2 Å². The molecule has 20 heavy (non-hydrogen) atoms. The zero-order chi connectivity index (χ0) is 14.9. The number of aromatic amines is 1. The third-order valence-corrected chi connectivity index (χ3v) is 2.93. The number of hydrogen-bond donors (Lipinski definition) is 1. The van der Waals surface area contributed by atoms with E-state index in [9.17, 15) is 9.59 Å². The molecule has 0 bridgehead atoms. The Morgan fingerprint density at radius 1 is 1.30 bits per heavy atom. The van der Waals surface area contributed by atoms with Gasteiger partial charge in [-0.3, -0.25) is 4.98 Å². The number of carbonyl (C=O) groups excluding carboxylic acids is 1. The van der Waals surface area contributed by atoms with Gasteiger partial charge in [-0.25, -0.2) is 9.59 Å². The van der Waals surface area contributed by atoms with Gasteiger partial charge in [0.2, 0.25) is 5.82 Å². The summed E-state index contributed by atoms with van der Waals surface area (Å²) in [5.74, 6) is -0.720. The molecule has 1 aromatic heterocycles. The number of carbonyl (C=O) groups is 1. The van der Waals surface area contributed by atoms with Crippen LogP contribution in [-0.2, 0) is 4.74 Å². The predicted octanol–water partition coefficient (Wildman–Crippen LogP) is 1.66. The monoisotopic (exact) mass is 275 g/mol. The first-order valence-electron chi connectivity index (χ1n) is 6.38. The average Bonchev–Trinajstić information content (AvgIpc) is 2.71. The molecule has 1 N–H and O–H groups in total. The minimum atomic E-state index is -0.634. The third-order valence-electron chi connectivity index (χ3n) is 2.93. The highest BCUT2D eigenvalue weighted by Crippen LogP contribution is 2.18. The Balaban J connectivity index is 2.55. The molecule has 0 amide bonds. The summed E-state index contributed by atoms with van der Waals surface area (Å²) in [6, 6.07) is 3.93. The van der Waals surface area contributed by atoms with Crippen LogP contribution in [0.2, 0.25) is 0 Å². The van der Waals surface area contributed by atoms with Crippen LogP contribution in [0, 0.1) is 20.8 Å². The van der Waals surface area contributed by atoms with Crippen LogP contribution in [0.15, 0.2) is 16.9 Å². The Labute approximate surface area is 116 Å². The Kier molecular flexibility index (Phi) is 3.74. The van der Waals surface area contributed by atoms with E-state index in [1.807, 2.05) is 32.9 Å². The first kappa shape index (κ1) is 14.0. The highest BCUT2D eigenvalue weighted by Gasteiger charge is 2.17. The van der Waals surface area contributed by atoms with Gasteiger partial charge >= 0.3 is 11.7 Å². The summed E-state index contributed by atoms with van der Waals surface area (Å²) in [5, 5.41) is 4.02. The standard InChI is InChI=1S/C14H17N3O3/c1-5-20-13(18)12-15-14(19)17(16-12)11-9(3)6-8(2)7-10(11)4/h6-7H,5H2,1-4H3,(H,15,16,19). The molecule has 0 aliphatic heterocycles. The molecule has 106 valence electrons. The largest absolute Gasteiger partial charge is 0.460 e. The van der Waals surface area contributed by atoms with Crippen molar-refractivity contribution in [2.24, 2.45) is 0 Å². The summed E-state index contributed by atoms with van der Waals surface area (Å²) in [7, 11) is 0. The van der Waals surface area contributed by atoms with Gasteiger partial charge in [-0.05, 0) is 38.8 Å². The number of rotatable bonds is 3. The van der Waals surface area contributed by atoms with Crippen LogP contribution in [0.25, 0.3) is 5.69 Å². The topological polar surface area (TPSA) is 77.0 Å². The van der Waals surface area contributed by atoms with E-state index < -0.39 is 11.7 Å². The zero-order valence-electron chi connectivity index (χ0n) is 12.0. The summed E-state index contributed by atoms with van der Waals surface area (Å²) < 4.78 is 6.03. The van der Waals surface area contributed by atoms with Crippen molar-refractivity contribution < 1.29 is 9.53 Å². The zero-order valence-corrected chi connectivity index (χ0v) is 12.0. The van der Waals surface area contributed by atoms with Gasteiger partial charge in [-0.1, -0.05) is 17.7 Å². The minimum absolute atomic E-state index is 0.0868. The van der Waals surface area contributed by atoms with Gasteiger partial charge in [0, 0.05) is 0 Å². The lowest BCUT2D eigenvalue weighted by atomic mass is 10.1. The normalized spacial score (nSPS) is 10.6. The smallest absolute Gasteiger partial charge is 0.376 e. The van der Waals surface area contributed by atoms with Crippen molar-refractivity contribution in [1.82, 2.24) is 14.8 Å². The van der Waals surface area contributed by atoms with Crippen molar-refractivity contribution in [3.05, 3.63) is 45.1 Å². The highest BCUT2D eigenvalue weighted by atomic mass is 16.5. The van der Waals surface area contributed by atoms with Crippen LogP contribution >= 0.6 is 0 Å². The Morgan fingerprint density at radius 2 is 1.90 bits per heavy atom. The first-order chi connectivity index (χ1) is 9.43. The number of ether oxygens (including phenoxy) is 1. The van der Waals surface area contributed by atoms with Crippen molar-refractivity contribution in [2.45, 2.75) is 27.7 Å². The van der Waals surface area contributed by atoms with Crippen molar-refractivity contribution in [2.75, 3.05) is 6.61 Å². The molecular formula is C14H17N3O3. The van der Waals surface area contributed by atoms with Gasteiger partial charge in [0.25, 0.3) is 0 Å². The molecule has 2 rings (SSSR count). The maximum absolute atomic E-state index is 12.0. The molecule has 0 fully saturated rings. The van der Waals surface area contributed by atoms with Gasteiger partial charge in [0.1, 0.15) is 0 Å². The number of hydrogen-bond acceptors (Lipinski definition) is 4. The number of aromatic nitrogens is 3. The first-order valence-corrected chi connectivity index (χ1v) is 6.38. The van der Waals surface area contributed by atoms with Crippen LogP contribution in [0.3, 0.4) is 0 Å². The van der Waals surface area contributed by atoms with E-state index in [-0.39, 0.29) is 12.4 Å². The molecule has 0 aliphatic carbocycles. The van der Waals surface area contributed by atoms with Crippen LogP contribution < -0.4 is 5.69 Å². The number of aryl methyl sites for hydroxylation is 3. The Hall–Kier alpha value is -2.37. The second-order valence-corrected chi connectivity index (χ2v) is 4.66. The number of benzene rings is 1. The molecule has 0 atom stereocenters. The van der Waals surface area contributed by atoms with E-state index in [2.05, 4.69) is 10.1 Å². The van der Waals surface area contributed by atoms with E-state index in [1.165, 1.54) is 4.68 Å². The molecule has 1 heterocycles. The lowest BCUT2D eigenvalue weighted by Gasteiger charge is -2.09. The molecule has 6 heteroatoms. The Bertz CT molecular complexity index is 690. The number of nitrogens with one attached hydrogen (secondary N) is 1. The van der Waals surface area contributed by atoms with E-state index >= 15 is 0 Å². The van der Waals surface area contributed by atoms with Crippen molar-refractivity contribution in [1.29, 1.82) is 0 Å². The maximum atomic E-state index is 12.0. The fraction of sp³-hybridized carbons (Fsp3) is 0.357. The summed E-state index contributed by atoms with van der Waals surface area (Å²) in [4.78, 5) is 26.0. The minimum Gasteiger partial charge on any atom is -0.460 e. The molecule has 0 saturated carbocycles. The maximum Gasteiger partial charge on any atom is 0.376 e. The van der Waals surface area contributed by atoms with E-state index in [0.29, 0.717) is 5.69 Å². The lowest BCUT2D eigenvalue weighted by molar-refractivity contribution is 0.0512. The molecule has 0 aliphatic rings. The van der Waals surface area contributed by atoms with Crippen LogP contribution in [-0.4, -0.2) is 27.3 Å². The van der Waals surface area contributed by atoms with Gasteiger partial charge < -0.3 is 4.74 Å². The number of nitrogens with zero attached hydrogens (tertiary/aromatic N) is 2. The molecule has 0 spiro atoms. The summed E-state index contributed by atoms with van der Waals surface area (Å²) in [6.45, 7) is 7.72. The number of esters is 1. The molecule has 6 nitrogen and oxygen atoms in total. The second-order valence-electron chi connectivity index (χ2n) is 4.66. The Morgan fingerprint density at radius 3 is 2.45 bits per heavy atom. The van der Waals surface area contributed by atoms with E-state index in [4.69, 9.17) is 4.74 Å². The van der Waals surface area contributed by atoms with Gasteiger partial charge in [-0.15, -0.1) is 5.10 Å². The van der Waals surface area contributed by atoms with Crippen molar-refractivity contribution in [3.63, 3.8) is 0 Å². The van der Waals surface area contributed by atoms with E-state index in [1.54, 1.807) is 6.92 Å². The fourth-order valence-electron chi connectivity index (χ4n) is 2.27. The van der Waals surface area contributed by atoms with Gasteiger partial charge in [0.05, 0.1) is 12.3 Å². The molecule has 0 radical (unpaired) electrons. The van der Waals surface area contributed by atoms with Gasteiger partial charge in [0.15, 0.2) is 0 Å². The summed E-state index contributed by atoms with van der Waals surface area (Å²) >= 11 is 0. The fourth-order valence-corrected chi connectivity index (χ4v) is 2.27. The quantitative estimate of drug-likeness (QED) is 0.864. The van der Waals surface area contributed by atoms with Crippen molar-refractivity contribution in [3.8, 4) is 5.69 Å². The summed E-state index contributed by atoms with van der Waals surface area (Å²) in [6.07, 6.45) is 0. The highest BCUT2D eigenvalue weighted by molar-refractivity contribution is 5.84. The van der Waals surface area contributed by atoms with E-state index in [0.717, 1.165) is 16.7 Å². The lowest BCUT2D eigenvalue weighted by Crippen LogP contribution is -2.18. The molecule has 1 aromatic carbocycles. The SMILES string of the molecule is CCOC(=O)c1nn(-c2c(C)cc(C)cc2C)c(=O)[nH]1. The molecule has 2 aromatic rings. The average molecular weight is 275 g/mol. The third kappa shape index (κ3) is 2.49. The van der Waals surface area contributed by atoms with Gasteiger partial charge in [-0.2, -0.15) is 4.68 Å².